The summed E-state index contributed by atoms with van der Waals surface area (Å²) in [4.78, 5) is 26.0. The van der Waals surface area contributed by atoms with E-state index in [1.807, 2.05) is 53.7 Å². The van der Waals surface area contributed by atoms with Crippen LogP contribution in [0.3, 0.4) is 0 Å². The van der Waals surface area contributed by atoms with Crippen LogP contribution in [-0.2, 0) is 23.8 Å². The second-order valence-corrected chi connectivity index (χ2v) is 7.41. The topological polar surface area (TPSA) is 61.8 Å². The van der Waals surface area contributed by atoms with Crippen molar-refractivity contribution in [2.45, 2.75) is 54.3 Å². The van der Waals surface area contributed by atoms with E-state index in [1.165, 1.54) is 6.08 Å². The quantitative estimate of drug-likeness (QED) is 0.246. The molecule has 0 aromatic heterocycles. The largest absolute Gasteiger partial charge is 0.460 e. The Morgan fingerprint density at radius 2 is 2.00 bits per heavy atom. The molecule has 0 aromatic carbocycles. The summed E-state index contributed by atoms with van der Waals surface area (Å²) in [5.74, 6) is -0.920. The van der Waals surface area contributed by atoms with E-state index >= 15 is 0 Å². The van der Waals surface area contributed by atoms with Gasteiger partial charge in [-0.2, -0.15) is 0 Å². The summed E-state index contributed by atoms with van der Waals surface area (Å²) in [7, 11) is 0. The first-order chi connectivity index (χ1) is 12.7. The van der Waals surface area contributed by atoms with Crippen LogP contribution in [0.5, 0.6) is 0 Å². The molecule has 0 heterocycles. The van der Waals surface area contributed by atoms with Gasteiger partial charge in [-0.3, -0.25) is 9.59 Å². The maximum absolute atomic E-state index is 13.1. The SMILES string of the molecule is CCOC(C)OC[C@H]1CC=CC(=O)C1(C=CC(C)C)C(=O)OCC=C(C)C. The van der Waals surface area contributed by atoms with Crippen molar-refractivity contribution in [1.82, 2.24) is 0 Å². The van der Waals surface area contributed by atoms with Crippen LogP contribution in [0.1, 0.15) is 48.0 Å². The number of ether oxygens (including phenoxy) is 3. The molecule has 1 aliphatic rings. The highest BCUT2D eigenvalue weighted by molar-refractivity contribution is 6.12. The van der Waals surface area contributed by atoms with E-state index in [1.54, 1.807) is 12.2 Å². The Hall–Kier alpha value is -1.72. The van der Waals surface area contributed by atoms with Crippen molar-refractivity contribution in [2.24, 2.45) is 17.3 Å². The van der Waals surface area contributed by atoms with Gasteiger partial charge < -0.3 is 14.2 Å². The van der Waals surface area contributed by atoms with Crippen LogP contribution in [-0.4, -0.2) is 37.9 Å². The Kier molecular flexibility index (Phi) is 9.67. The maximum Gasteiger partial charge on any atom is 0.324 e. The van der Waals surface area contributed by atoms with Crippen LogP contribution in [0.25, 0.3) is 0 Å². The van der Waals surface area contributed by atoms with Crippen molar-refractivity contribution in [3.8, 4) is 0 Å². The molecule has 0 spiro atoms. The van der Waals surface area contributed by atoms with Crippen molar-refractivity contribution >= 4 is 11.8 Å². The van der Waals surface area contributed by atoms with Crippen LogP contribution in [0, 0.1) is 17.3 Å². The summed E-state index contributed by atoms with van der Waals surface area (Å²) in [6.07, 6.45) is 8.87. The third-order valence-electron chi connectivity index (χ3n) is 4.46. The first-order valence-electron chi connectivity index (χ1n) is 9.68. The first kappa shape index (κ1) is 23.3. The van der Waals surface area contributed by atoms with E-state index in [0.29, 0.717) is 13.0 Å². The van der Waals surface area contributed by atoms with Gasteiger partial charge in [-0.25, -0.2) is 0 Å². The number of carbonyl (C=O) groups is 2. The lowest BCUT2D eigenvalue weighted by molar-refractivity contribution is -0.168. The lowest BCUT2D eigenvalue weighted by Crippen LogP contribution is -2.48. The molecule has 27 heavy (non-hydrogen) atoms. The summed E-state index contributed by atoms with van der Waals surface area (Å²) in [6.45, 7) is 12.5. The highest BCUT2D eigenvalue weighted by atomic mass is 16.7. The second kappa shape index (κ2) is 11.2. The molecule has 0 fully saturated rings. The van der Waals surface area contributed by atoms with Crippen molar-refractivity contribution in [1.29, 1.82) is 0 Å². The Morgan fingerprint density at radius 1 is 1.30 bits per heavy atom. The molecule has 2 unspecified atom stereocenters. The zero-order valence-corrected chi connectivity index (χ0v) is 17.5. The van der Waals surface area contributed by atoms with Crippen molar-refractivity contribution in [3.05, 3.63) is 36.0 Å². The normalized spacial score (nSPS) is 23.7. The van der Waals surface area contributed by atoms with Crippen molar-refractivity contribution < 1.29 is 23.8 Å². The number of rotatable bonds is 10. The molecule has 0 saturated carbocycles. The standard InChI is InChI=1S/C22H34O5/c1-7-25-18(6)27-15-19-9-8-10-20(23)22(19,13-11-16(2)3)21(24)26-14-12-17(4)5/h8,10-13,16,18-19H,7,9,14-15H2,1-6H3/t18?,19-,22?/m1/s1. The number of hydrogen-bond acceptors (Lipinski definition) is 5. The molecule has 152 valence electrons. The van der Waals surface area contributed by atoms with Crippen molar-refractivity contribution in [3.63, 3.8) is 0 Å². The summed E-state index contributed by atoms with van der Waals surface area (Å²) < 4.78 is 16.6. The van der Waals surface area contributed by atoms with Crippen molar-refractivity contribution in [2.75, 3.05) is 19.8 Å². The fraction of sp³-hybridized carbons (Fsp3) is 0.636. The number of allylic oxidation sites excluding steroid dienone is 4. The van der Waals surface area contributed by atoms with Crippen LogP contribution in [0.4, 0.5) is 0 Å². The predicted molar refractivity (Wildman–Crippen MR) is 106 cm³/mol. The maximum atomic E-state index is 13.1. The molecule has 0 bridgehead atoms. The minimum atomic E-state index is -1.36. The molecule has 0 aliphatic heterocycles. The highest BCUT2D eigenvalue weighted by Gasteiger charge is 2.51. The molecular formula is C22H34O5. The van der Waals surface area contributed by atoms with E-state index in [-0.39, 0.29) is 30.8 Å². The van der Waals surface area contributed by atoms with Gasteiger partial charge in [-0.15, -0.1) is 0 Å². The van der Waals surface area contributed by atoms with E-state index in [9.17, 15) is 9.59 Å². The summed E-state index contributed by atoms with van der Waals surface area (Å²) >= 11 is 0. The molecule has 0 N–H and O–H groups in total. The zero-order chi connectivity index (χ0) is 20.4. The molecule has 0 radical (unpaired) electrons. The minimum Gasteiger partial charge on any atom is -0.460 e. The van der Waals surface area contributed by atoms with Gasteiger partial charge in [0.2, 0.25) is 0 Å². The Morgan fingerprint density at radius 3 is 2.59 bits per heavy atom. The van der Waals surface area contributed by atoms with E-state index < -0.39 is 17.7 Å². The lowest BCUT2D eigenvalue weighted by atomic mass is 9.67. The molecule has 1 aliphatic carbocycles. The molecule has 1 rings (SSSR count). The number of hydrogen-bond donors (Lipinski definition) is 0. The Balaban J connectivity index is 3.15. The average molecular weight is 379 g/mol. The molecule has 5 heteroatoms. The fourth-order valence-electron chi connectivity index (χ4n) is 2.90. The zero-order valence-electron chi connectivity index (χ0n) is 17.5. The predicted octanol–water partition coefficient (Wildman–Crippen LogP) is 4.24. The Labute approximate surface area is 163 Å². The minimum absolute atomic E-state index is 0.151. The summed E-state index contributed by atoms with van der Waals surface area (Å²) in [5, 5.41) is 0. The third-order valence-corrected chi connectivity index (χ3v) is 4.46. The molecule has 5 nitrogen and oxygen atoms in total. The third kappa shape index (κ3) is 6.74. The monoisotopic (exact) mass is 378 g/mol. The molecule has 0 saturated heterocycles. The number of carbonyl (C=O) groups excluding carboxylic acids is 2. The van der Waals surface area contributed by atoms with E-state index in [2.05, 4.69) is 0 Å². The van der Waals surface area contributed by atoms with Gasteiger partial charge in [0, 0.05) is 12.5 Å². The Bertz CT molecular complexity index is 584. The molecule has 0 aromatic rings. The van der Waals surface area contributed by atoms with Crippen LogP contribution in [0.15, 0.2) is 36.0 Å². The lowest BCUT2D eigenvalue weighted by Gasteiger charge is -2.36. The smallest absolute Gasteiger partial charge is 0.324 e. The first-order valence-corrected chi connectivity index (χ1v) is 9.68. The van der Waals surface area contributed by atoms with E-state index in [0.717, 1.165) is 5.57 Å². The van der Waals surface area contributed by atoms with Gasteiger partial charge in [0.05, 0.1) is 6.61 Å². The number of esters is 1. The van der Waals surface area contributed by atoms with Gasteiger partial charge in [0.25, 0.3) is 0 Å². The number of ketones is 1. The highest BCUT2D eigenvalue weighted by Crippen LogP contribution is 2.39. The summed E-state index contributed by atoms with van der Waals surface area (Å²) in [5.41, 5.74) is -0.310. The van der Waals surface area contributed by atoms with Gasteiger partial charge in [-0.1, -0.05) is 37.6 Å². The summed E-state index contributed by atoms with van der Waals surface area (Å²) in [6, 6.07) is 0. The molecular weight excluding hydrogens is 344 g/mol. The molecule has 3 atom stereocenters. The van der Waals surface area contributed by atoms with Gasteiger partial charge >= 0.3 is 5.97 Å². The van der Waals surface area contributed by atoms with Crippen LogP contribution >= 0.6 is 0 Å². The van der Waals surface area contributed by atoms with Gasteiger partial charge in [-0.05, 0) is 52.2 Å². The fourth-order valence-corrected chi connectivity index (χ4v) is 2.90. The average Bonchev–Trinajstić information content (AvgIpc) is 2.59. The van der Waals surface area contributed by atoms with Gasteiger partial charge in [0.1, 0.15) is 6.61 Å². The second-order valence-electron chi connectivity index (χ2n) is 7.41. The van der Waals surface area contributed by atoms with E-state index in [4.69, 9.17) is 14.2 Å². The van der Waals surface area contributed by atoms with Crippen LogP contribution in [0.2, 0.25) is 0 Å². The van der Waals surface area contributed by atoms with Gasteiger partial charge in [0.15, 0.2) is 17.5 Å². The molecule has 0 amide bonds. The van der Waals surface area contributed by atoms with Crippen LogP contribution < -0.4 is 0 Å².